The quantitative estimate of drug-likeness (QED) is 0.736. The summed E-state index contributed by atoms with van der Waals surface area (Å²) >= 11 is 0. The first-order valence-corrected chi connectivity index (χ1v) is 7.45. The minimum absolute atomic E-state index is 0.192. The summed E-state index contributed by atoms with van der Waals surface area (Å²) in [7, 11) is 1.64. The first kappa shape index (κ1) is 16.5. The standard InChI is InChI=1S/C18H21N3O2/c1-3-10-19-15-9-12-20-16(13-15)18(22)21-11-8-14-6-4-5-7-17(14)23-2/h3-7,9,12-13H,1,8,10-11H2,2H3,(H,19,20)(H,21,22). The van der Waals surface area contributed by atoms with E-state index in [0.29, 0.717) is 25.2 Å². The summed E-state index contributed by atoms with van der Waals surface area (Å²) in [5.74, 6) is 0.637. The van der Waals surface area contributed by atoms with Crippen molar-refractivity contribution in [3.05, 3.63) is 66.5 Å². The van der Waals surface area contributed by atoms with Gasteiger partial charge in [-0.1, -0.05) is 24.3 Å². The molecule has 2 aromatic rings. The number of nitrogens with zero attached hydrogens (tertiary/aromatic N) is 1. The van der Waals surface area contributed by atoms with Crippen molar-refractivity contribution in [1.29, 1.82) is 0 Å². The number of carbonyl (C=O) groups is 1. The Balaban J connectivity index is 1.90. The van der Waals surface area contributed by atoms with Crippen LogP contribution in [-0.4, -0.2) is 31.1 Å². The largest absolute Gasteiger partial charge is 0.496 e. The van der Waals surface area contributed by atoms with Crippen LogP contribution in [0, 0.1) is 0 Å². The van der Waals surface area contributed by atoms with Crippen molar-refractivity contribution in [2.24, 2.45) is 0 Å². The monoisotopic (exact) mass is 311 g/mol. The van der Waals surface area contributed by atoms with Gasteiger partial charge in [-0.2, -0.15) is 0 Å². The van der Waals surface area contributed by atoms with Crippen LogP contribution >= 0.6 is 0 Å². The lowest BCUT2D eigenvalue weighted by Crippen LogP contribution is -2.26. The normalized spacial score (nSPS) is 9.96. The third kappa shape index (κ3) is 4.85. The SMILES string of the molecule is C=CCNc1ccnc(C(=O)NCCc2ccccc2OC)c1. The van der Waals surface area contributed by atoms with Crippen molar-refractivity contribution in [1.82, 2.24) is 10.3 Å². The molecule has 0 aliphatic carbocycles. The summed E-state index contributed by atoms with van der Waals surface area (Å²) < 4.78 is 5.30. The molecule has 5 heteroatoms. The first-order chi connectivity index (χ1) is 11.2. The van der Waals surface area contributed by atoms with Gasteiger partial charge in [0.1, 0.15) is 11.4 Å². The highest BCUT2D eigenvalue weighted by Crippen LogP contribution is 2.17. The number of aromatic nitrogens is 1. The zero-order chi connectivity index (χ0) is 16.5. The molecule has 0 atom stereocenters. The fraction of sp³-hybridized carbons (Fsp3) is 0.222. The third-order valence-electron chi connectivity index (χ3n) is 3.32. The van der Waals surface area contributed by atoms with Gasteiger partial charge in [0, 0.05) is 25.0 Å². The van der Waals surface area contributed by atoms with E-state index in [4.69, 9.17) is 4.74 Å². The lowest BCUT2D eigenvalue weighted by Gasteiger charge is -2.09. The number of benzene rings is 1. The molecule has 5 nitrogen and oxygen atoms in total. The van der Waals surface area contributed by atoms with Crippen molar-refractivity contribution in [2.75, 3.05) is 25.5 Å². The van der Waals surface area contributed by atoms with Gasteiger partial charge >= 0.3 is 0 Å². The summed E-state index contributed by atoms with van der Waals surface area (Å²) in [5, 5.41) is 6.01. The van der Waals surface area contributed by atoms with E-state index >= 15 is 0 Å². The lowest BCUT2D eigenvalue weighted by atomic mass is 10.1. The molecule has 23 heavy (non-hydrogen) atoms. The number of anilines is 1. The van der Waals surface area contributed by atoms with Gasteiger partial charge in [-0.15, -0.1) is 6.58 Å². The molecule has 0 saturated carbocycles. The molecular formula is C18H21N3O2. The van der Waals surface area contributed by atoms with Crippen LogP contribution in [-0.2, 0) is 6.42 Å². The molecule has 0 unspecified atom stereocenters. The van der Waals surface area contributed by atoms with Gasteiger partial charge in [-0.3, -0.25) is 9.78 Å². The number of ether oxygens (including phenoxy) is 1. The van der Waals surface area contributed by atoms with Gasteiger partial charge < -0.3 is 15.4 Å². The van der Waals surface area contributed by atoms with Gasteiger partial charge in [-0.05, 0) is 30.2 Å². The number of nitrogens with one attached hydrogen (secondary N) is 2. The molecule has 120 valence electrons. The van der Waals surface area contributed by atoms with E-state index < -0.39 is 0 Å². The van der Waals surface area contributed by atoms with Gasteiger partial charge in [0.05, 0.1) is 7.11 Å². The molecule has 0 aliphatic rings. The number of carbonyl (C=O) groups excluding carboxylic acids is 1. The predicted octanol–water partition coefficient (Wildman–Crippen LogP) is 2.66. The summed E-state index contributed by atoms with van der Waals surface area (Å²) in [6.45, 7) is 4.81. The smallest absolute Gasteiger partial charge is 0.269 e. The van der Waals surface area contributed by atoms with Crippen molar-refractivity contribution >= 4 is 11.6 Å². The summed E-state index contributed by atoms with van der Waals surface area (Å²) in [4.78, 5) is 16.3. The van der Waals surface area contributed by atoms with Crippen molar-refractivity contribution in [3.63, 3.8) is 0 Å². The van der Waals surface area contributed by atoms with Crippen LogP contribution in [0.5, 0.6) is 5.75 Å². The number of rotatable bonds is 8. The molecule has 2 N–H and O–H groups in total. The Hall–Kier alpha value is -2.82. The van der Waals surface area contributed by atoms with Crippen molar-refractivity contribution < 1.29 is 9.53 Å². The van der Waals surface area contributed by atoms with Crippen LogP contribution < -0.4 is 15.4 Å². The summed E-state index contributed by atoms with van der Waals surface area (Å²) in [6, 6.07) is 11.3. The highest BCUT2D eigenvalue weighted by molar-refractivity contribution is 5.93. The van der Waals surface area contributed by atoms with Crippen LogP contribution in [0.4, 0.5) is 5.69 Å². The third-order valence-corrected chi connectivity index (χ3v) is 3.32. The Morgan fingerprint density at radius 3 is 2.96 bits per heavy atom. The van der Waals surface area contributed by atoms with Crippen LogP contribution in [0.15, 0.2) is 55.3 Å². The van der Waals surface area contributed by atoms with E-state index in [1.165, 1.54) is 0 Å². The fourth-order valence-electron chi connectivity index (χ4n) is 2.17. The van der Waals surface area contributed by atoms with E-state index in [1.807, 2.05) is 30.3 Å². The maximum Gasteiger partial charge on any atom is 0.269 e. The zero-order valence-corrected chi connectivity index (χ0v) is 13.2. The van der Waals surface area contributed by atoms with E-state index in [0.717, 1.165) is 17.0 Å². The minimum Gasteiger partial charge on any atom is -0.496 e. The number of hydrogen-bond acceptors (Lipinski definition) is 4. The molecule has 1 amide bonds. The summed E-state index contributed by atoms with van der Waals surface area (Å²) in [5.41, 5.74) is 2.29. The van der Waals surface area contributed by atoms with Crippen LogP contribution in [0.1, 0.15) is 16.1 Å². The predicted molar refractivity (Wildman–Crippen MR) is 92.0 cm³/mol. The van der Waals surface area contributed by atoms with E-state index in [9.17, 15) is 4.79 Å². The number of pyridine rings is 1. The maximum absolute atomic E-state index is 12.2. The van der Waals surface area contributed by atoms with Crippen molar-refractivity contribution in [3.8, 4) is 5.75 Å². The fourth-order valence-corrected chi connectivity index (χ4v) is 2.17. The Kier molecular flexibility index (Phi) is 6.17. The number of hydrogen-bond donors (Lipinski definition) is 2. The second-order valence-electron chi connectivity index (χ2n) is 4.92. The molecule has 1 aromatic carbocycles. The Morgan fingerprint density at radius 2 is 2.17 bits per heavy atom. The Morgan fingerprint density at radius 1 is 1.35 bits per heavy atom. The Bertz CT molecular complexity index is 671. The highest BCUT2D eigenvalue weighted by atomic mass is 16.5. The second-order valence-corrected chi connectivity index (χ2v) is 4.92. The van der Waals surface area contributed by atoms with Crippen molar-refractivity contribution in [2.45, 2.75) is 6.42 Å². The molecule has 0 fully saturated rings. The molecule has 2 rings (SSSR count). The first-order valence-electron chi connectivity index (χ1n) is 7.45. The van der Waals surface area contributed by atoms with Crippen LogP contribution in [0.25, 0.3) is 0 Å². The van der Waals surface area contributed by atoms with E-state index in [1.54, 1.807) is 25.4 Å². The van der Waals surface area contributed by atoms with Crippen LogP contribution in [0.3, 0.4) is 0 Å². The van der Waals surface area contributed by atoms with Gasteiger partial charge in [0.25, 0.3) is 5.91 Å². The topological polar surface area (TPSA) is 63.2 Å². The maximum atomic E-state index is 12.2. The molecule has 0 saturated heterocycles. The lowest BCUT2D eigenvalue weighted by molar-refractivity contribution is 0.0949. The summed E-state index contributed by atoms with van der Waals surface area (Å²) in [6.07, 6.45) is 4.07. The highest BCUT2D eigenvalue weighted by Gasteiger charge is 2.08. The van der Waals surface area contributed by atoms with Gasteiger partial charge in [0.15, 0.2) is 0 Å². The molecule has 0 aliphatic heterocycles. The van der Waals surface area contributed by atoms with Gasteiger partial charge in [-0.25, -0.2) is 0 Å². The molecule has 0 spiro atoms. The molecule has 1 aromatic heterocycles. The van der Waals surface area contributed by atoms with Crippen LogP contribution in [0.2, 0.25) is 0 Å². The second kappa shape index (κ2) is 8.58. The average Bonchev–Trinajstić information content (AvgIpc) is 2.60. The minimum atomic E-state index is -0.192. The van der Waals surface area contributed by atoms with E-state index in [-0.39, 0.29) is 5.91 Å². The molecular weight excluding hydrogens is 290 g/mol. The van der Waals surface area contributed by atoms with E-state index in [2.05, 4.69) is 22.2 Å². The molecule has 0 bridgehead atoms. The number of methoxy groups -OCH3 is 1. The zero-order valence-electron chi connectivity index (χ0n) is 13.2. The number of amides is 1. The van der Waals surface area contributed by atoms with Gasteiger partial charge in [0.2, 0.25) is 0 Å². The average molecular weight is 311 g/mol. The number of para-hydroxylation sites is 1. The Labute approximate surface area is 136 Å². The molecule has 1 heterocycles. The molecule has 0 radical (unpaired) electrons.